The summed E-state index contributed by atoms with van der Waals surface area (Å²) in [4.78, 5) is 0. The van der Waals surface area contributed by atoms with E-state index in [1.165, 1.54) is 12.1 Å². The standard InChI is InChI=1S/C13H6F4N2/c14-9-2-1-3-12(8(9)6-18)19-7-4-10(15)13(17)11(16)5-7/h1-5,19H. The summed E-state index contributed by atoms with van der Waals surface area (Å²) < 4.78 is 52.1. The maximum absolute atomic E-state index is 13.3. The van der Waals surface area contributed by atoms with Gasteiger partial charge in [0, 0.05) is 17.8 Å². The molecular weight excluding hydrogens is 260 g/mol. The predicted octanol–water partition coefficient (Wildman–Crippen LogP) is 3.86. The van der Waals surface area contributed by atoms with E-state index in [-0.39, 0.29) is 16.9 Å². The Morgan fingerprint density at radius 2 is 1.58 bits per heavy atom. The van der Waals surface area contributed by atoms with Crippen molar-refractivity contribution >= 4 is 11.4 Å². The van der Waals surface area contributed by atoms with Crippen LogP contribution in [-0.2, 0) is 0 Å². The van der Waals surface area contributed by atoms with Crippen LogP contribution in [0.25, 0.3) is 0 Å². The minimum absolute atomic E-state index is 0.0351. The molecule has 0 amide bonds. The largest absolute Gasteiger partial charge is 0.354 e. The van der Waals surface area contributed by atoms with E-state index in [9.17, 15) is 17.6 Å². The topological polar surface area (TPSA) is 35.8 Å². The average molecular weight is 266 g/mol. The Labute approximate surface area is 105 Å². The van der Waals surface area contributed by atoms with Crippen molar-refractivity contribution in [1.29, 1.82) is 5.26 Å². The minimum atomic E-state index is -1.59. The Bertz CT molecular complexity index is 654. The molecule has 0 bridgehead atoms. The number of hydrogen-bond donors (Lipinski definition) is 1. The molecule has 6 heteroatoms. The van der Waals surface area contributed by atoms with Crippen molar-refractivity contribution in [2.75, 3.05) is 5.32 Å². The van der Waals surface area contributed by atoms with Crippen LogP contribution in [0.3, 0.4) is 0 Å². The number of halogens is 4. The van der Waals surface area contributed by atoms with E-state index in [0.29, 0.717) is 12.1 Å². The molecule has 0 spiro atoms. The molecule has 1 N–H and O–H groups in total. The summed E-state index contributed by atoms with van der Waals surface area (Å²) in [6.07, 6.45) is 0. The van der Waals surface area contributed by atoms with Gasteiger partial charge in [0.05, 0.1) is 5.69 Å². The van der Waals surface area contributed by atoms with Crippen LogP contribution < -0.4 is 5.32 Å². The number of rotatable bonds is 2. The highest BCUT2D eigenvalue weighted by molar-refractivity contribution is 5.66. The van der Waals surface area contributed by atoms with Crippen molar-refractivity contribution in [1.82, 2.24) is 0 Å². The van der Waals surface area contributed by atoms with E-state index >= 15 is 0 Å². The van der Waals surface area contributed by atoms with Gasteiger partial charge in [0.1, 0.15) is 17.4 Å². The van der Waals surface area contributed by atoms with Gasteiger partial charge in [-0.1, -0.05) is 6.07 Å². The fourth-order valence-corrected chi connectivity index (χ4v) is 1.53. The molecule has 2 rings (SSSR count). The van der Waals surface area contributed by atoms with Crippen molar-refractivity contribution in [3.8, 4) is 6.07 Å². The van der Waals surface area contributed by atoms with Gasteiger partial charge in [-0.15, -0.1) is 0 Å². The third-order valence-electron chi connectivity index (χ3n) is 2.39. The fourth-order valence-electron chi connectivity index (χ4n) is 1.53. The highest BCUT2D eigenvalue weighted by Crippen LogP contribution is 2.24. The molecule has 0 heterocycles. The zero-order valence-corrected chi connectivity index (χ0v) is 9.35. The molecule has 0 saturated carbocycles. The van der Waals surface area contributed by atoms with Crippen LogP contribution in [0.1, 0.15) is 5.56 Å². The van der Waals surface area contributed by atoms with Crippen LogP contribution in [0.4, 0.5) is 28.9 Å². The molecule has 2 aromatic rings. The smallest absolute Gasteiger partial charge is 0.194 e. The van der Waals surface area contributed by atoms with Gasteiger partial charge in [-0.25, -0.2) is 17.6 Å². The first kappa shape index (κ1) is 12.9. The molecule has 0 aliphatic carbocycles. The number of nitrogens with one attached hydrogen (secondary N) is 1. The molecule has 0 aliphatic rings. The highest BCUT2D eigenvalue weighted by atomic mass is 19.2. The second kappa shape index (κ2) is 4.98. The molecule has 0 atom stereocenters. The summed E-state index contributed by atoms with van der Waals surface area (Å²) in [7, 11) is 0. The SMILES string of the molecule is N#Cc1c(F)cccc1Nc1cc(F)c(F)c(F)c1. The summed E-state index contributed by atoms with van der Waals surface area (Å²) in [6.45, 7) is 0. The van der Waals surface area contributed by atoms with Gasteiger partial charge < -0.3 is 5.32 Å². The third kappa shape index (κ3) is 2.50. The predicted molar refractivity (Wildman–Crippen MR) is 60.7 cm³/mol. The molecule has 19 heavy (non-hydrogen) atoms. The van der Waals surface area contributed by atoms with Crippen LogP contribution in [0.2, 0.25) is 0 Å². The molecule has 2 nitrogen and oxygen atoms in total. The molecule has 0 aliphatic heterocycles. The van der Waals surface area contributed by atoms with E-state index in [2.05, 4.69) is 5.32 Å². The lowest BCUT2D eigenvalue weighted by molar-refractivity contribution is 0.448. The molecule has 0 radical (unpaired) electrons. The molecule has 0 aromatic heterocycles. The van der Waals surface area contributed by atoms with Crippen molar-refractivity contribution in [2.24, 2.45) is 0 Å². The summed E-state index contributed by atoms with van der Waals surface area (Å²) in [5.41, 5.74) is -0.390. The van der Waals surface area contributed by atoms with E-state index < -0.39 is 23.3 Å². The quantitative estimate of drug-likeness (QED) is 0.661. The van der Waals surface area contributed by atoms with E-state index in [0.717, 1.165) is 6.07 Å². The minimum Gasteiger partial charge on any atom is -0.354 e. The molecule has 0 unspecified atom stereocenters. The Balaban J connectivity index is 2.43. The zero-order valence-electron chi connectivity index (χ0n) is 9.35. The number of anilines is 2. The van der Waals surface area contributed by atoms with Crippen molar-refractivity contribution in [3.63, 3.8) is 0 Å². The van der Waals surface area contributed by atoms with E-state index in [4.69, 9.17) is 5.26 Å². The molecule has 2 aromatic carbocycles. The molecule has 0 saturated heterocycles. The first-order chi connectivity index (χ1) is 9.02. The van der Waals surface area contributed by atoms with Crippen molar-refractivity contribution in [3.05, 3.63) is 59.2 Å². The van der Waals surface area contributed by atoms with Gasteiger partial charge in [-0.3, -0.25) is 0 Å². The van der Waals surface area contributed by atoms with Gasteiger partial charge in [0.15, 0.2) is 17.5 Å². The van der Waals surface area contributed by atoms with Crippen LogP contribution in [0.15, 0.2) is 30.3 Å². The van der Waals surface area contributed by atoms with Crippen LogP contribution >= 0.6 is 0 Å². The van der Waals surface area contributed by atoms with Crippen LogP contribution in [0, 0.1) is 34.6 Å². The Morgan fingerprint density at radius 3 is 2.16 bits per heavy atom. The van der Waals surface area contributed by atoms with Crippen molar-refractivity contribution < 1.29 is 17.6 Å². The maximum Gasteiger partial charge on any atom is 0.194 e. The molecular formula is C13H6F4N2. The first-order valence-electron chi connectivity index (χ1n) is 5.13. The Morgan fingerprint density at radius 1 is 0.947 bits per heavy atom. The molecule has 0 fully saturated rings. The number of nitriles is 1. The van der Waals surface area contributed by atoms with E-state index in [1.54, 1.807) is 6.07 Å². The van der Waals surface area contributed by atoms with Gasteiger partial charge in [-0.2, -0.15) is 5.26 Å². The lowest BCUT2D eigenvalue weighted by Crippen LogP contribution is -1.99. The Hall–Kier alpha value is -2.55. The number of benzene rings is 2. The van der Waals surface area contributed by atoms with Gasteiger partial charge in [-0.05, 0) is 12.1 Å². The van der Waals surface area contributed by atoms with Crippen LogP contribution in [-0.4, -0.2) is 0 Å². The lowest BCUT2D eigenvalue weighted by Gasteiger charge is -2.09. The second-order valence-corrected chi connectivity index (χ2v) is 3.65. The first-order valence-corrected chi connectivity index (χ1v) is 5.13. The second-order valence-electron chi connectivity index (χ2n) is 3.65. The lowest BCUT2D eigenvalue weighted by atomic mass is 10.1. The van der Waals surface area contributed by atoms with Crippen molar-refractivity contribution in [2.45, 2.75) is 0 Å². The monoisotopic (exact) mass is 266 g/mol. The summed E-state index contributed by atoms with van der Waals surface area (Å²) >= 11 is 0. The summed E-state index contributed by atoms with van der Waals surface area (Å²) in [6, 6.07) is 6.82. The van der Waals surface area contributed by atoms with Gasteiger partial charge in [0.25, 0.3) is 0 Å². The summed E-state index contributed by atoms with van der Waals surface area (Å²) in [5.74, 6) is -5.12. The third-order valence-corrected chi connectivity index (χ3v) is 2.39. The Kier molecular flexibility index (Phi) is 3.38. The fraction of sp³-hybridized carbons (Fsp3) is 0. The number of hydrogen-bond acceptors (Lipinski definition) is 2. The number of nitrogens with zero attached hydrogens (tertiary/aromatic N) is 1. The summed E-state index contributed by atoms with van der Waals surface area (Å²) in [5, 5.41) is 11.3. The van der Waals surface area contributed by atoms with E-state index in [1.807, 2.05) is 0 Å². The van der Waals surface area contributed by atoms with Crippen LogP contribution in [0.5, 0.6) is 0 Å². The van der Waals surface area contributed by atoms with Gasteiger partial charge in [0.2, 0.25) is 0 Å². The zero-order chi connectivity index (χ0) is 14.0. The molecule has 96 valence electrons. The highest BCUT2D eigenvalue weighted by Gasteiger charge is 2.12. The normalized spacial score (nSPS) is 10.1. The maximum atomic E-state index is 13.3. The average Bonchev–Trinajstić information content (AvgIpc) is 2.36. The van der Waals surface area contributed by atoms with Gasteiger partial charge >= 0.3 is 0 Å².